The molecule has 1 heterocycles. The smallest absolute Gasteiger partial charge is 0.449 e. The predicted molar refractivity (Wildman–Crippen MR) is 88.0 cm³/mol. The highest BCUT2D eigenvalue weighted by Gasteiger charge is 2.24. The number of pyridine rings is 1. The van der Waals surface area contributed by atoms with Gasteiger partial charge >= 0.3 is 6.16 Å². The zero-order valence-electron chi connectivity index (χ0n) is 13.1. The Morgan fingerprint density at radius 3 is 2.57 bits per heavy atom. The van der Waals surface area contributed by atoms with Gasteiger partial charge in [-0.3, -0.25) is 0 Å². The molecule has 1 aromatic heterocycles. The third-order valence-corrected chi connectivity index (χ3v) is 4.48. The Hall–Kier alpha value is -2.36. The summed E-state index contributed by atoms with van der Waals surface area (Å²) in [5.74, 6) is 0.600. The van der Waals surface area contributed by atoms with E-state index in [9.17, 15) is 4.79 Å². The third kappa shape index (κ3) is 3.89. The summed E-state index contributed by atoms with van der Waals surface area (Å²) in [6.45, 7) is 0. The van der Waals surface area contributed by atoms with Crippen LogP contribution in [0.1, 0.15) is 54.7 Å². The average Bonchev–Trinajstić information content (AvgIpc) is 2.56. The number of benzene rings is 1. The Balaban J connectivity index is 1.97. The molecule has 1 saturated carbocycles. The first kappa shape index (κ1) is 15.5. The Kier molecular flexibility index (Phi) is 4.91. The van der Waals surface area contributed by atoms with E-state index in [1.165, 1.54) is 24.8 Å². The van der Waals surface area contributed by atoms with Crippen LogP contribution in [0.3, 0.4) is 0 Å². The van der Waals surface area contributed by atoms with Crippen molar-refractivity contribution in [2.24, 2.45) is 0 Å². The number of ether oxygens (including phenoxy) is 1. The van der Waals surface area contributed by atoms with Crippen LogP contribution in [-0.4, -0.2) is 16.2 Å². The molecule has 0 saturated heterocycles. The first-order chi connectivity index (χ1) is 11.2. The highest BCUT2D eigenvalue weighted by Crippen LogP contribution is 2.39. The molecule has 2 aromatic rings. The van der Waals surface area contributed by atoms with Crippen molar-refractivity contribution in [3.8, 4) is 5.88 Å². The van der Waals surface area contributed by atoms with Gasteiger partial charge in [-0.05, 0) is 42.4 Å². The quantitative estimate of drug-likeness (QED) is 0.826. The molecule has 0 amide bonds. The van der Waals surface area contributed by atoms with Gasteiger partial charge in [-0.15, -0.1) is 0 Å². The third-order valence-electron chi connectivity index (χ3n) is 4.48. The zero-order chi connectivity index (χ0) is 16.1. The van der Waals surface area contributed by atoms with Crippen LogP contribution in [0.5, 0.6) is 5.88 Å². The normalized spacial score (nSPS) is 15.3. The van der Waals surface area contributed by atoms with Crippen molar-refractivity contribution in [2.45, 2.75) is 44.4 Å². The van der Waals surface area contributed by atoms with Crippen LogP contribution in [0.25, 0.3) is 0 Å². The van der Waals surface area contributed by atoms with Gasteiger partial charge in [0.15, 0.2) is 0 Å². The Morgan fingerprint density at radius 1 is 1.13 bits per heavy atom. The molecule has 1 aliphatic rings. The summed E-state index contributed by atoms with van der Waals surface area (Å²) in [6.07, 6.45) is 6.86. The summed E-state index contributed by atoms with van der Waals surface area (Å²) >= 11 is 0. The summed E-state index contributed by atoms with van der Waals surface area (Å²) in [5, 5.41) is 9.01. The zero-order valence-corrected chi connectivity index (χ0v) is 13.1. The molecular weight excluding hydrogens is 290 g/mol. The summed E-state index contributed by atoms with van der Waals surface area (Å²) in [5.41, 5.74) is 3.31. The Bertz CT molecular complexity index is 664. The lowest BCUT2D eigenvalue weighted by Crippen LogP contribution is -2.14. The van der Waals surface area contributed by atoms with Gasteiger partial charge in [0, 0.05) is 11.8 Å². The molecule has 0 aliphatic heterocycles. The average molecular weight is 311 g/mol. The van der Waals surface area contributed by atoms with Crippen LogP contribution in [0.2, 0.25) is 0 Å². The highest BCUT2D eigenvalue weighted by molar-refractivity contribution is 5.61. The first-order valence-corrected chi connectivity index (χ1v) is 8.16. The second-order valence-electron chi connectivity index (χ2n) is 6.05. The molecule has 1 aromatic carbocycles. The molecular formula is C19H21NO3. The maximum atomic E-state index is 11.0. The van der Waals surface area contributed by atoms with E-state index in [-0.39, 0.29) is 5.88 Å². The topological polar surface area (TPSA) is 59.4 Å². The van der Waals surface area contributed by atoms with Gasteiger partial charge in [-0.2, -0.15) is 0 Å². The van der Waals surface area contributed by atoms with Crippen molar-refractivity contribution in [3.63, 3.8) is 0 Å². The van der Waals surface area contributed by atoms with Crippen LogP contribution in [0, 0.1) is 0 Å². The van der Waals surface area contributed by atoms with E-state index in [1.807, 2.05) is 24.3 Å². The number of rotatable bonds is 4. The Morgan fingerprint density at radius 2 is 1.87 bits per heavy atom. The van der Waals surface area contributed by atoms with Crippen molar-refractivity contribution >= 4 is 6.16 Å². The number of nitrogens with zero attached hydrogens (tertiary/aromatic N) is 1. The van der Waals surface area contributed by atoms with Gasteiger partial charge in [-0.1, -0.05) is 49.6 Å². The maximum absolute atomic E-state index is 11.0. The minimum Gasteiger partial charge on any atom is -0.449 e. The molecule has 120 valence electrons. The number of carboxylic acid groups (broad SMARTS) is 1. The molecule has 0 spiro atoms. The summed E-state index contributed by atoms with van der Waals surface area (Å²) in [7, 11) is 0. The van der Waals surface area contributed by atoms with E-state index in [0.29, 0.717) is 5.92 Å². The predicted octanol–water partition coefficient (Wildman–Crippen LogP) is 4.78. The van der Waals surface area contributed by atoms with Crippen LogP contribution in [-0.2, 0) is 6.42 Å². The second-order valence-corrected chi connectivity index (χ2v) is 6.05. The summed E-state index contributed by atoms with van der Waals surface area (Å²) in [4.78, 5) is 15.2. The lowest BCUT2D eigenvalue weighted by molar-refractivity contribution is 0.141. The van der Waals surface area contributed by atoms with Crippen molar-refractivity contribution < 1.29 is 14.6 Å². The van der Waals surface area contributed by atoms with Crippen molar-refractivity contribution in [3.05, 3.63) is 59.3 Å². The standard InChI is InChI=1S/C19H21NO3/c21-19(22)23-18-17(15-9-5-2-6-10-15)16(11-12-20-18)13-14-7-3-1-4-8-14/h1,3-4,7-8,11-12,15H,2,5-6,9-10,13H2,(H,21,22). The molecule has 4 nitrogen and oxygen atoms in total. The fraction of sp³-hybridized carbons (Fsp3) is 0.368. The molecule has 0 radical (unpaired) electrons. The molecule has 0 bridgehead atoms. The van der Waals surface area contributed by atoms with Crippen LogP contribution < -0.4 is 4.74 Å². The molecule has 4 heteroatoms. The van der Waals surface area contributed by atoms with E-state index < -0.39 is 6.16 Å². The van der Waals surface area contributed by atoms with Crippen molar-refractivity contribution in [1.29, 1.82) is 0 Å². The minimum atomic E-state index is -1.30. The van der Waals surface area contributed by atoms with E-state index >= 15 is 0 Å². The fourth-order valence-electron chi connectivity index (χ4n) is 3.45. The van der Waals surface area contributed by atoms with Crippen LogP contribution in [0.15, 0.2) is 42.6 Å². The number of hydrogen-bond donors (Lipinski definition) is 1. The molecule has 3 rings (SSSR count). The van der Waals surface area contributed by atoms with E-state index in [0.717, 1.165) is 30.4 Å². The van der Waals surface area contributed by atoms with Crippen LogP contribution >= 0.6 is 0 Å². The van der Waals surface area contributed by atoms with Gasteiger partial charge in [0.25, 0.3) is 0 Å². The lowest BCUT2D eigenvalue weighted by atomic mass is 9.81. The largest absolute Gasteiger partial charge is 0.512 e. The van der Waals surface area contributed by atoms with E-state index in [1.54, 1.807) is 6.20 Å². The van der Waals surface area contributed by atoms with E-state index in [4.69, 9.17) is 9.84 Å². The molecule has 0 atom stereocenters. The van der Waals surface area contributed by atoms with Gasteiger partial charge in [0.05, 0.1) is 0 Å². The molecule has 23 heavy (non-hydrogen) atoms. The molecule has 1 aliphatic carbocycles. The van der Waals surface area contributed by atoms with Gasteiger partial charge in [0.1, 0.15) is 0 Å². The Labute approximate surface area is 136 Å². The van der Waals surface area contributed by atoms with Gasteiger partial charge in [0.2, 0.25) is 5.88 Å². The summed E-state index contributed by atoms with van der Waals surface area (Å²) < 4.78 is 4.98. The van der Waals surface area contributed by atoms with E-state index in [2.05, 4.69) is 17.1 Å². The number of aromatic nitrogens is 1. The van der Waals surface area contributed by atoms with Gasteiger partial charge < -0.3 is 9.84 Å². The molecule has 0 unspecified atom stereocenters. The van der Waals surface area contributed by atoms with Crippen molar-refractivity contribution in [1.82, 2.24) is 4.98 Å². The number of hydrogen-bond acceptors (Lipinski definition) is 3. The molecule has 1 fully saturated rings. The van der Waals surface area contributed by atoms with Gasteiger partial charge in [-0.25, -0.2) is 9.78 Å². The fourth-order valence-corrected chi connectivity index (χ4v) is 3.45. The SMILES string of the molecule is O=C(O)Oc1nccc(Cc2ccccc2)c1C1CCCCC1. The monoisotopic (exact) mass is 311 g/mol. The van der Waals surface area contributed by atoms with Crippen molar-refractivity contribution in [2.75, 3.05) is 0 Å². The lowest BCUT2D eigenvalue weighted by Gasteiger charge is -2.25. The molecule has 1 N–H and O–H groups in total. The minimum absolute atomic E-state index is 0.262. The highest BCUT2D eigenvalue weighted by atomic mass is 16.7. The maximum Gasteiger partial charge on any atom is 0.512 e. The number of carbonyl (C=O) groups is 1. The summed E-state index contributed by atoms with van der Waals surface area (Å²) in [6, 6.07) is 12.2. The second kappa shape index (κ2) is 7.27. The van der Waals surface area contributed by atoms with Crippen LogP contribution in [0.4, 0.5) is 4.79 Å². The first-order valence-electron chi connectivity index (χ1n) is 8.16.